The first kappa shape index (κ1) is 11.6. The van der Waals surface area contributed by atoms with E-state index >= 15 is 0 Å². The van der Waals surface area contributed by atoms with Crippen LogP contribution in [0.15, 0.2) is 18.2 Å². The number of aryl methyl sites for hydroxylation is 2. The normalized spacial score (nSPS) is 16.4. The highest BCUT2D eigenvalue weighted by atomic mass is 79.9. The van der Waals surface area contributed by atoms with Crippen molar-refractivity contribution in [3.63, 3.8) is 0 Å². The number of hydrogen-bond acceptors (Lipinski definition) is 2. The molecule has 16 heavy (non-hydrogen) atoms. The number of rotatable bonds is 2. The van der Waals surface area contributed by atoms with Crippen molar-refractivity contribution in [1.29, 1.82) is 0 Å². The van der Waals surface area contributed by atoms with Gasteiger partial charge in [0.25, 0.3) is 0 Å². The van der Waals surface area contributed by atoms with Crippen LogP contribution in [0.5, 0.6) is 0 Å². The summed E-state index contributed by atoms with van der Waals surface area (Å²) in [4.78, 5) is 11.1. The number of benzene rings is 1. The number of methoxy groups -OCH3 is 1. The molecule has 0 saturated carbocycles. The summed E-state index contributed by atoms with van der Waals surface area (Å²) in [5, 5.41) is 0. The summed E-state index contributed by atoms with van der Waals surface area (Å²) in [6, 6.07) is 6.28. The number of ether oxygens (including phenoxy) is 1. The predicted octanol–water partition coefficient (Wildman–Crippen LogP) is 3.17. The van der Waals surface area contributed by atoms with Crippen LogP contribution in [-0.4, -0.2) is 13.1 Å². The van der Waals surface area contributed by atoms with E-state index in [-0.39, 0.29) is 10.8 Å². The zero-order valence-electron chi connectivity index (χ0n) is 9.33. The van der Waals surface area contributed by atoms with Crippen molar-refractivity contribution in [2.75, 3.05) is 7.11 Å². The lowest BCUT2D eigenvalue weighted by Gasteiger charge is -2.17. The lowest BCUT2D eigenvalue weighted by molar-refractivity contribution is -0.139. The Morgan fingerprint density at radius 2 is 2.00 bits per heavy atom. The minimum atomic E-state index is -0.343. The third-order valence-corrected chi connectivity index (χ3v) is 3.98. The van der Waals surface area contributed by atoms with Crippen molar-refractivity contribution in [3.05, 3.63) is 34.9 Å². The standard InChI is InChI=1S/C13H15BrO2/c1-16-13(15)12(14)11-7-6-9-4-2-3-5-10(9)8-11/h6-8,12H,2-5H2,1H3. The van der Waals surface area contributed by atoms with Crippen LogP contribution in [-0.2, 0) is 22.4 Å². The van der Waals surface area contributed by atoms with E-state index in [2.05, 4.69) is 28.1 Å². The first-order chi connectivity index (χ1) is 7.72. The van der Waals surface area contributed by atoms with E-state index in [9.17, 15) is 4.79 Å². The highest BCUT2D eigenvalue weighted by Crippen LogP contribution is 2.29. The first-order valence-corrected chi connectivity index (χ1v) is 6.47. The Morgan fingerprint density at radius 3 is 2.69 bits per heavy atom. The lowest BCUT2D eigenvalue weighted by Crippen LogP contribution is -2.10. The summed E-state index contributed by atoms with van der Waals surface area (Å²) in [5.41, 5.74) is 3.81. The van der Waals surface area contributed by atoms with Gasteiger partial charge in [-0.25, -0.2) is 0 Å². The molecule has 0 aliphatic heterocycles. The molecule has 0 aromatic heterocycles. The van der Waals surface area contributed by atoms with Crippen molar-refractivity contribution in [3.8, 4) is 0 Å². The zero-order chi connectivity index (χ0) is 11.5. The molecule has 1 unspecified atom stereocenters. The number of esters is 1. The molecule has 1 aliphatic rings. The second kappa shape index (κ2) is 5.00. The van der Waals surface area contributed by atoms with E-state index in [1.54, 1.807) is 0 Å². The number of fused-ring (bicyclic) bond motifs is 1. The fraction of sp³-hybridized carbons (Fsp3) is 0.462. The van der Waals surface area contributed by atoms with Crippen molar-refractivity contribution in [1.82, 2.24) is 0 Å². The number of alkyl halides is 1. The molecule has 0 fully saturated rings. The molecule has 1 aliphatic carbocycles. The molecule has 0 bridgehead atoms. The number of carbonyl (C=O) groups excluding carboxylic acids is 1. The quantitative estimate of drug-likeness (QED) is 0.615. The van der Waals surface area contributed by atoms with Crippen LogP contribution in [0.1, 0.15) is 34.4 Å². The summed E-state index contributed by atoms with van der Waals surface area (Å²) in [6.07, 6.45) is 4.83. The Labute approximate surface area is 104 Å². The monoisotopic (exact) mass is 282 g/mol. The average Bonchev–Trinajstić information content (AvgIpc) is 2.36. The highest BCUT2D eigenvalue weighted by Gasteiger charge is 2.19. The van der Waals surface area contributed by atoms with Gasteiger partial charge in [-0.2, -0.15) is 0 Å². The van der Waals surface area contributed by atoms with Gasteiger partial charge in [-0.15, -0.1) is 0 Å². The second-order valence-electron chi connectivity index (χ2n) is 4.12. The molecule has 0 radical (unpaired) electrons. The first-order valence-electron chi connectivity index (χ1n) is 5.56. The lowest BCUT2D eigenvalue weighted by atomic mass is 9.90. The molecule has 0 spiro atoms. The van der Waals surface area contributed by atoms with E-state index in [1.165, 1.54) is 37.5 Å². The summed E-state index contributed by atoms with van der Waals surface area (Å²) < 4.78 is 4.72. The van der Waals surface area contributed by atoms with Crippen LogP contribution in [0.2, 0.25) is 0 Å². The van der Waals surface area contributed by atoms with Crippen LogP contribution in [0.3, 0.4) is 0 Å². The van der Waals surface area contributed by atoms with Gasteiger partial charge < -0.3 is 4.74 Å². The third kappa shape index (κ3) is 2.29. The Morgan fingerprint density at radius 1 is 1.31 bits per heavy atom. The van der Waals surface area contributed by atoms with Crippen LogP contribution in [0, 0.1) is 0 Å². The molecule has 0 heterocycles. The fourth-order valence-corrected chi connectivity index (χ4v) is 2.62. The van der Waals surface area contributed by atoms with Crippen LogP contribution in [0.25, 0.3) is 0 Å². The molecule has 2 rings (SSSR count). The van der Waals surface area contributed by atoms with Crippen molar-refractivity contribution >= 4 is 21.9 Å². The Bertz CT molecular complexity index is 401. The number of hydrogen-bond donors (Lipinski definition) is 0. The van der Waals surface area contributed by atoms with Crippen molar-refractivity contribution < 1.29 is 9.53 Å². The van der Waals surface area contributed by atoms with Crippen LogP contribution in [0.4, 0.5) is 0 Å². The van der Waals surface area contributed by atoms with E-state index < -0.39 is 0 Å². The summed E-state index contributed by atoms with van der Waals surface area (Å²) >= 11 is 3.36. The summed E-state index contributed by atoms with van der Waals surface area (Å²) in [7, 11) is 1.41. The van der Waals surface area contributed by atoms with Gasteiger partial charge in [-0.3, -0.25) is 4.79 Å². The van der Waals surface area contributed by atoms with E-state index in [4.69, 9.17) is 4.74 Å². The minimum Gasteiger partial charge on any atom is -0.468 e. The largest absolute Gasteiger partial charge is 0.468 e. The van der Waals surface area contributed by atoms with E-state index in [0.717, 1.165) is 12.0 Å². The average molecular weight is 283 g/mol. The molecule has 86 valence electrons. The summed E-state index contributed by atoms with van der Waals surface area (Å²) in [6.45, 7) is 0. The second-order valence-corrected chi connectivity index (χ2v) is 5.04. The number of carbonyl (C=O) groups is 1. The molecule has 1 atom stereocenters. The fourth-order valence-electron chi connectivity index (χ4n) is 2.15. The van der Waals surface area contributed by atoms with E-state index in [0.29, 0.717) is 0 Å². The SMILES string of the molecule is COC(=O)C(Br)c1ccc2c(c1)CCCC2. The topological polar surface area (TPSA) is 26.3 Å². The Kier molecular flexibility index (Phi) is 3.64. The maximum Gasteiger partial charge on any atom is 0.323 e. The maximum absolute atomic E-state index is 11.4. The van der Waals surface area contributed by atoms with Gasteiger partial charge in [-0.1, -0.05) is 34.1 Å². The molecular formula is C13H15BrO2. The molecule has 0 amide bonds. The zero-order valence-corrected chi connectivity index (χ0v) is 10.9. The van der Waals surface area contributed by atoms with Gasteiger partial charge in [0, 0.05) is 0 Å². The van der Waals surface area contributed by atoms with Gasteiger partial charge in [0.2, 0.25) is 0 Å². The van der Waals surface area contributed by atoms with E-state index in [1.807, 2.05) is 6.07 Å². The third-order valence-electron chi connectivity index (χ3n) is 3.07. The smallest absolute Gasteiger partial charge is 0.323 e. The van der Waals surface area contributed by atoms with Crippen molar-refractivity contribution in [2.24, 2.45) is 0 Å². The molecule has 1 aromatic rings. The molecule has 0 saturated heterocycles. The molecule has 1 aromatic carbocycles. The summed E-state index contributed by atoms with van der Waals surface area (Å²) in [5.74, 6) is -0.240. The maximum atomic E-state index is 11.4. The van der Waals surface area contributed by atoms with Gasteiger partial charge in [-0.05, 0) is 42.4 Å². The minimum absolute atomic E-state index is 0.240. The van der Waals surface area contributed by atoms with Gasteiger partial charge >= 0.3 is 5.97 Å². The van der Waals surface area contributed by atoms with Gasteiger partial charge in [0.1, 0.15) is 4.83 Å². The van der Waals surface area contributed by atoms with Gasteiger partial charge in [0.05, 0.1) is 7.11 Å². The number of halogens is 1. The predicted molar refractivity (Wildman–Crippen MR) is 66.8 cm³/mol. The van der Waals surface area contributed by atoms with Crippen LogP contribution < -0.4 is 0 Å². The van der Waals surface area contributed by atoms with Gasteiger partial charge in [0.15, 0.2) is 0 Å². The molecule has 2 nitrogen and oxygen atoms in total. The highest BCUT2D eigenvalue weighted by molar-refractivity contribution is 9.09. The van der Waals surface area contributed by atoms with Crippen molar-refractivity contribution in [2.45, 2.75) is 30.5 Å². The Balaban J connectivity index is 2.26. The van der Waals surface area contributed by atoms with Crippen LogP contribution >= 0.6 is 15.9 Å². The Hall–Kier alpha value is -0.830. The molecular weight excluding hydrogens is 268 g/mol. The molecule has 3 heteroatoms. The molecule has 0 N–H and O–H groups in total.